The lowest BCUT2D eigenvalue weighted by molar-refractivity contribution is 0.450. The van der Waals surface area contributed by atoms with E-state index in [1.54, 1.807) is 0 Å². The van der Waals surface area contributed by atoms with E-state index in [1.807, 2.05) is 72.8 Å². The standard InChI is InChI=1S/C28H24O4/c29-25-17-5-1-6-18(25)14-20-8-3-10-22(27(20)31)16-24-12-4-11-23(28(24)32)15-21-9-2-7-19(13-17)26(21)30/h1-12,29-32H,13-16H2. The monoisotopic (exact) mass is 424 g/mol. The normalized spacial score (nSPS) is 13.0. The second kappa shape index (κ2) is 7.97. The first kappa shape index (κ1) is 20.0. The summed E-state index contributed by atoms with van der Waals surface area (Å²) in [6.07, 6.45) is 1.49. The van der Waals surface area contributed by atoms with Gasteiger partial charge in [0, 0.05) is 25.7 Å². The molecule has 4 aromatic rings. The first-order valence-corrected chi connectivity index (χ1v) is 10.7. The molecular weight excluding hydrogens is 400 g/mol. The van der Waals surface area contributed by atoms with Crippen LogP contribution in [0.3, 0.4) is 0 Å². The number of benzene rings is 4. The average molecular weight is 424 g/mol. The van der Waals surface area contributed by atoms with Gasteiger partial charge < -0.3 is 20.4 Å². The highest BCUT2D eigenvalue weighted by Crippen LogP contribution is 2.36. The van der Waals surface area contributed by atoms with Crippen molar-refractivity contribution in [2.75, 3.05) is 0 Å². The Morgan fingerprint density at radius 2 is 0.469 bits per heavy atom. The van der Waals surface area contributed by atoms with Crippen molar-refractivity contribution in [2.24, 2.45) is 0 Å². The van der Waals surface area contributed by atoms with Crippen LogP contribution in [0.4, 0.5) is 0 Å². The van der Waals surface area contributed by atoms with Gasteiger partial charge >= 0.3 is 0 Å². The van der Waals surface area contributed by atoms with Crippen molar-refractivity contribution in [3.05, 3.63) is 117 Å². The fourth-order valence-electron chi connectivity index (χ4n) is 4.54. The molecule has 0 aromatic heterocycles. The van der Waals surface area contributed by atoms with E-state index in [-0.39, 0.29) is 23.0 Å². The maximum Gasteiger partial charge on any atom is 0.122 e. The Hall–Kier alpha value is -3.92. The summed E-state index contributed by atoms with van der Waals surface area (Å²) in [4.78, 5) is 0. The molecule has 5 rings (SSSR count). The molecular formula is C28H24O4. The van der Waals surface area contributed by atoms with Crippen molar-refractivity contribution in [3.63, 3.8) is 0 Å². The first-order valence-electron chi connectivity index (χ1n) is 10.7. The van der Waals surface area contributed by atoms with Gasteiger partial charge in [-0.15, -0.1) is 0 Å². The van der Waals surface area contributed by atoms with Crippen molar-refractivity contribution >= 4 is 0 Å². The molecule has 0 aliphatic heterocycles. The number of para-hydroxylation sites is 4. The molecule has 0 spiro atoms. The van der Waals surface area contributed by atoms with Crippen LogP contribution < -0.4 is 0 Å². The first-order chi connectivity index (χ1) is 15.5. The predicted molar refractivity (Wildman–Crippen MR) is 124 cm³/mol. The summed E-state index contributed by atoms with van der Waals surface area (Å²) in [5, 5.41) is 43.8. The molecule has 8 bridgehead atoms. The minimum atomic E-state index is 0.178. The molecule has 0 unspecified atom stereocenters. The van der Waals surface area contributed by atoms with Gasteiger partial charge in [0.25, 0.3) is 0 Å². The van der Waals surface area contributed by atoms with E-state index >= 15 is 0 Å². The summed E-state index contributed by atoms with van der Waals surface area (Å²) in [6.45, 7) is 0. The molecule has 4 nitrogen and oxygen atoms in total. The molecule has 0 heterocycles. The molecule has 1 aliphatic rings. The average Bonchev–Trinajstić information content (AvgIpc) is 2.78. The molecule has 1 aliphatic carbocycles. The fourth-order valence-corrected chi connectivity index (χ4v) is 4.54. The third kappa shape index (κ3) is 3.54. The lowest BCUT2D eigenvalue weighted by Crippen LogP contribution is -2.00. The molecule has 0 atom stereocenters. The Bertz CT molecular complexity index is 1040. The zero-order chi connectivity index (χ0) is 22.2. The summed E-state index contributed by atoms with van der Waals surface area (Å²) in [7, 11) is 0. The van der Waals surface area contributed by atoms with Gasteiger partial charge in [-0.25, -0.2) is 0 Å². The fraction of sp³-hybridized carbons (Fsp3) is 0.143. The van der Waals surface area contributed by atoms with Crippen LogP contribution in [0.1, 0.15) is 44.5 Å². The van der Waals surface area contributed by atoms with E-state index in [9.17, 15) is 20.4 Å². The Labute approximate surface area is 186 Å². The maximum absolute atomic E-state index is 10.9. The molecule has 4 heteroatoms. The molecule has 0 amide bonds. The van der Waals surface area contributed by atoms with E-state index in [4.69, 9.17) is 0 Å². The molecule has 160 valence electrons. The van der Waals surface area contributed by atoms with Crippen LogP contribution in [0.2, 0.25) is 0 Å². The minimum absolute atomic E-state index is 0.178. The largest absolute Gasteiger partial charge is 0.507 e. The zero-order valence-corrected chi connectivity index (χ0v) is 17.5. The van der Waals surface area contributed by atoms with E-state index in [1.165, 1.54) is 0 Å². The van der Waals surface area contributed by atoms with Crippen LogP contribution >= 0.6 is 0 Å². The molecule has 0 radical (unpaired) electrons. The van der Waals surface area contributed by atoms with Crippen molar-refractivity contribution in [3.8, 4) is 23.0 Å². The third-order valence-corrected chi connectivity index (χ3v) is 6.34. The highest BCUT2D eigenvalue weighted by atomic mass is 16.3. The topological polar surface area (TPSA) is 80.9 Å². The van der Waals surface area contributed by atoms with Crippen LogP contribution in [-0.4, -0.2) is 20.4 Å². The number of phenols is 4. The van der Waals surface area contributed by atoms with E-state index in [0.717, 1.165) is 0 Å². The number of hydrogen-bond donors (Lipinski definition) is 4. The van der Waals surface area contributed by atoms with Crippen LogP contribution in [0.25, 0.3) is 0 Å². The van der Waals surface area contributed by atoms with Crippen molar-refractivity contribution < 1.29 is 20.4 Å². The van der Waals surface area contributed by atoms with Gasteiger partial charge in [0.2, 0.25) is 0 Å². The minimum Gasteiger partial charge on any atom is -0.507 e. The van der Waals surface area contributed by atoms with Gasteiger partial charge in [0.1, 0.15) is 23.0 Å². The van der Waals surface area contributed by atoms with Gasteiger partial charge in [-0.05, 0) is 44.5 Å². The van der Waals surface area contributed by atoms with Crippen molar-refractivity contribution in [1.29, 1.82) is 0 Å². The number of aromatic hydroxyl groups is 4. The van der Waals surface area contributed by atoms with E-state index < -0.39 is 0 Å². The Balaban J connectivity index is 1.71. The number of phenolic OH excluding ortho intramolecular Hbond substituents is 4. The summed E-state index contributed by atoms with van der Waals surface area (Å²) >= 11 is 0. The highest BCUT2D eigenvalue weighted by molar-refractivity contribution is 5.54. The Morgan fingerprint density at radius 3 is 0.625 bits per heavy atom. The molecule has 4 N–H and O–H groups in total. The van der Waals surface area contributed by atoms with Crippen LogP contribution in [0.15, 0.2) is 72.8 Å². The quantitative estimate of drug-likeness (QED) is 0.276. The number of rotatable bonds is 0. The smallest absolute Gasteiger partial charge is 0.122 e. The lowest BCUT2D eigenvalue weighted by Gasteiger charge is -2.16. The zero-order valence-electron chi connectivity index (χ0n) is 17.5. The lowest BCUT2D eigenvalue weighted by atomic mass is 9.91. The third-order valence-electron chi connectivity index (χ3n) is 6.34. The summed E-state index contributed by atoms with van der Waals surface area (Å²) in [6, 6.07) is 22.3. The molecule has 4 aromatic carbocycles. The predicted octanol–water partition coefficient (Wildman–Crippen LogP) is 5.19. The van der Waals surface area contributed by atoms with Crippen molar-refractivity contribution in [1.82, 2.24) is 0 Å². The van der Waals surface area contributed by atoms with Gasteiger partial charge in [0.05, 0.1) is 0 Å². The van der Waals surface area contributed by atoms with Gasteiger partial charge in [-0.3, -0.25) is 0 Å². The SMILES string of the molecule is Oc1c2cccc1Cc1cccc(c1O)Cc1cccc(c1O)Cc1cccc(c1O)C2. The van der Waals surface area contributed by atoms with Crippen LogP contribution in [-0.2, 0) is 25.7 Å². The molecule has 0 fully saturated rings. The summed E-state index contributed by atoms with van der Waals surface area (Å²) < 4.78 is 0. The number of fused-ring (bicyclic) bond motifs is 8. The summed E-state index contributed by atoms with van der Waals surface area (Å²) in [5.41, 5.74) is 5.69. The van der Waals surface area contributed by atoms with Gasteiger partial charge in [-0.2, -0.15) is 0 Å². The molecule has 0 saturated heterocycles. The Morgan fingerprint density at radius 1 is 0.312 bits per heavy atom. The van der Waals surface area contributed by atoms with Crippen molar-refractivity contribution in [2.45, 2.75) is 25.7 Å². The second-order valence-corrected chi connectivity index (χ2v) is 8.41. The molecule has 32 heavy (non-hydrogen) atoms. The molecule has 0 saturated carbocycles. The van der Waals surface area contributed by atoms with Gasteiger partial charge in [0.15, 0.2) is 0 Å². The van der Waals surface area contributed by atoms with E-state index in [2.05, 4.69) is 0 Å². The Kier molecular flexibility index (Phi) is 4.98. The highest BCUT2D eigenvalue weighted by Gasteiger charge is 2.18. The summed E-state index contributed by atoms with van der Waals surface area (Å²) in [5.74, 6) is 0.711. The number of hydrogen-bond acceptors (Lipinski definition) is 4. The van der Waals surface area contributed by atoms with Crippen LogP contribution in [0, 0.1) is 0 Å². The second-order valence-electron chi connectivity index (χ2n) is 8.41. The van der Waals surface area contributed by atoms with E-state index in [0.29, 0.717) is 70.2 Å². The van der Waals surface area contributed by atoms with Crippen LogP contribution in [0.5, 0.6) is 23.0 Å². The maximum atomic E-state index is 10.9. The van der Waals surface area contributed by atoms with Gasteiger partial charge in [-0.1, -0.05) is 72.8 Å².